The first-order valence-electron chi connectivity index (χ1n) is 7.40. The monoisotopic (exact) mass is 284 g/mol. The van der Waals surface area contributed by atoms with E-state index in [0.29, 0.717) is 6.61 Å². The molecule has 0 spiro atoms. The van der Waals surface area contributed by atoms with Crippen LogP contribution in [0.4, 0.5) is 11.6 Å². The summed E-state index contributed by atoms with van der Waals surface area (Å²) in [7, 11) is 0. The van der Waals surface area contributed by atoms with Crippen LogP contribution in [0.15, 0.2) is 30.3 Å². The van der Waals surface area contributed by atoms with Gasteiger partial charge in [0.25, 0.3) is 0 Å². The van der Waals surface area contributed by atoms with Crippen LogP contribution < -0.4 is 15.4 Å². The minimum Gasteiger partial charge on any atom is -0.491 e. The fraction of sp³-hybridized carbons (Fsp3) is 0.375. The van der Waals surface area contributed by atoms with E-state index in [1.165, 1.54) is 5.56 Å². The molecule has 2 N–H and O–H groups in total. The van der Waals surface area contributed by atoms with Crippen molar-refractivity contribution in [2.45, 2.75) is 26.3 Å². The van der Waals surface area contributed by atoms with Crippen molar-refractivity contribution >= 4 is 11.6 Å². The Hall–Kier alpha value is -2.30. The van der Waals surface area contributed by atoms with Gasteiger partial charge in [-0.25, -0.2) is 9.97 Å². The molecule has 1 aliphatic heterocycles. The Morgan fingerprint density at radius 2 is 2.00 bits per heavy atom. The molecule has 0 radical (unpaired) electrons. The second-order valence-electron chi connectivity index (χ2n) is 4.98. The number of anilines is 2. The summed E-state index contributed by atoms with van der Waals surface area (Å²) in [6.45, 7) is 5.58. The molecule has 1 unspecified atom stereocenters. The van der Waals surface area contributed by atoms with Gasteiger partial charge in [-0.15, -0.1) is 0 Å². The number of aromatic nitrogens is 2. The quantitative estimate of drug-likeness (QED) is 0.884. The summed E-state index contributed by atoms with van der Waals surface area (Å²) in [6, 6.07) is 10.2. The van der Waals surface area contributed by atoms with Crippen LogP contribution in [0.3, 0.4) is 0 Å². The normalized spacial score (nSPS) is 16.2. The van der Waals surface area contributed by atoms with Crippen molar-refractivity contribution in [3.63, 3.8) is 0 Å². The second kappa shape index (κ2) is 5.99. The molecule has 0 fully saturated rings. The number of ether oxygens (including phenoxy) is 1. The number of hydrogen-bond acceptors (Lipinski definition) is 5. The van der Waals surface area contributed by atoms with Crippen LogP contribution in [0.1, 0.15) is 31.3 Å². The van der Waals surface area contributed by atoms with Gasteiger partial charge in [0, 0.05) is 24.6 Å². The third kappa shape index (κ3) is 2.91. The Bertz CT molecular complexity index is 629. The van der Waals surface area contributed by atoms with E-state index in [-0.39, 0.29) is 6.04 Å². The predicted molar refractivity (Wildman–Crippen MR) is 83.9 cm³/mol. The van der Waals surface area contributed by atoms with E-state index in [1.807, 2.05) is 24.3 Å². The van der Waals surface area contributed by atoms with Crippen LogP contribution in [0.25, 0.3) is 0 Å². The number of nitrogens with zero attached hydrogens (tertiary/aromatic N) is 2. The zero-order chi connectivity index (χ0) is 14.7. The average molecular weight is 284 g/mol. The van der Waals surface area contributed by atoms with Gasteiger partial charge in [-0.05, 0) is 13.0 Å². The molecule has 0 aliphatic carbocycles. The summed E-state index contributed by atoms with van der Waals surface area (Å²) >= 11 is 0. The summed E-state index contributed by atoms with van der Waals surface area (Å²) in [5.74, 6) is 3.48. The fourth-order valence-electron chi connectivity index (χ4n) is 2.46. The summed E-state index contributed by atoms with van der Waals surface area (Å²) in [5, 5.41) is 6.70. The molecule has 2 heterocycles. The van der Waals surface area contributed by atoms with Crippen molar-refractivity contribution in [1.82, 2.24) is 9.97 Å². The summed E-state index contributed by atoms with van der Waals surface area (Å²) in [6.07, 6.45) is 0.811. The lowest BCUT2D eigenvalue weighted by Crippen LogP contribution is -2.14. The predicted octanol–water partition coefficient (Wildman–Crippen LogP) is 3.02. The van der Waals surface area contributed by atoms with E-state index >= 15 is 0 Å². The van der Waals surface area contributed by atoms with Crippen LogP contribution in [-0.4, -0.2) is 23.1 Å². The third-order valence-electron chi connectivity index (χ3n) is 3.47. The lowest BCUT2D eigenvalue weighted by atomic mass is 10.1. The minimum absolute atomic E-state index is 0.135. The maximum absolute atomic E-state index is 5.70. The van der Waals surface area contributed by atoms with Crippen LogP contribution in [-0.2, 0) is 6.42 Å². The highest BCUT2D eigenvalue weighted by Crippen LogP contribution is 2.33. The summed E-state index contributed by atoms with van der Waals surface area (Å²) in [5.41, 5.74) is 1.18. The Labute approximate surface area is 124 Å². The number of rotatable bonds is 5. The number of benzene rings is 1. The molecule has 1 aromatic carbocycles. The molecule has 0 saturated carbocycles. The first-order chi connectivity index (χ1) is 10.3. The summed E-state index contributed by atoms with van der Waals surface area (Å²) in [4.78, 5) is 9.02. The molecule has 110 valence electrons. The lowest BCUT2D eigenvalue weighted by Gasteiger charge is -2.14. The number of fused-ring (bicyclic) bond motifs is 1. The molecular formula is C16H20N4O. The van der Waals surface area contributed by atoms with E-state index in [1.54, 1.807) is 0 Å². The first-order valence-corrected chi connectivity index (χ1v) is 7.40. The lowest BCUT2D eigenvalue weighted by molar-refractivity contribution is 0.339. The van der Waals surface area contributed by atoms with Gasteiger partial charge in [-0.1, -0.05) is 25.1 Å². The van der Waals surface area contributed by atoms with E-state index in [9.17, 15) is 0 Å². The molecule has 2 aromatic rings. The summed E-state index contributed by atoms with van der Waals surface area (Å²) < 4.78 is 5.70. The van der Waals surface area contributed by atoms with E-state index in [0.717, 1.165) is 36.2 Å². The smallest absolute Gasteiger partial charge is 0.132 e. The van der Waals surface area contributed by atoms with Crippen LogP contribution in [0.5, 0.6) is 5.75 Å². The molecule has 3 rings (SSSR count). The maximum atomic E-state index is 5.70. The van der Waals surface area contributed by atoms with Gasteiger partial charge in [0.05, 0.1) is 6.04 Å². The van der Waals surface area contributed by atoms with Gasteiger partial charge in [-0.3, -0.25) is 0 Å². The van der Waals surface area contributed by atoms with E-state index in [2.05, 4.69) is 40.5 Å². The average Bonchev–Trinajstić information content (AvgIpc) is 2.91. The van der Waals surface area contributed by atoms with Crippen LogP contribution >= 0.6 is 0 Å². The van der Waals surface area contributed by atoms with Crippen molar-refractivity contribution in [1.29, 1.82) is 0 Å². The second-order valence-corrected chi connectivity index (χ2v) is 4.98. The van der Waals surface area contributed by atoms with Crippen molar-refractivity contribution in [2.75, 3.05) is 23.8 Å². The third-order valence-corrected chi connectivity index (χ3v) is 3.47. The Kier molecular flexibility index (Phi) is 3.90. The van der Waals surface area contributed by atoms with Crippen molar-refractivity contribution in [3.05, 3.63) is 41.7 Å². The standard InChI is InChI=1S/C16H20N4O/c1-3-14-19-15(17-4-2)9-16(20-14)18-12-10-21-13-8-6-5-7-11(12)13/h5-9,12H,3-4,10H2,1-2H3,(H2,17,18,19,20). The number of para-hydroxylation sites is 1. The molecule has 21 heavy (non-hydrogen) atoms. The SMILES string of the molecule is CCNc1cc(NC2COc3ccccc32)nc(CC)n1. The van der Waals surface area contributed by atoms with Gasteiger partial charge in [-0.2, -0.15) is 0 Å². The highest BCUT2D eigenvalue weighted by atomic mass is 16.5. The highest BCUT2D eigenvalue weighted by molar-refractivity contribution is 5.51. The fourth-order valence-corrected chi connectivity index (χ4v) is 2.46. The number of aryl methyl sites for hydroxylation is 1. The number of nitrogens with one attached hydrogen (secondary N) is 2. The molecule has 0 bridgehead atoms. The van der Waals surface area contributed by atoms with Crippen molar-refractivity contribution in [3.8, 4) is 5.75 Å². The topological polar surface area (TPSA) is 59.1 Å². The zero-order valence-electron chi connectivity index (χ0n) is 12.4. The largest absolute Gasteiger partial charge is 0.491 e. The molecule has 1 aliphatic rings. The highest BCUT2D eigenvalue weighted by Gasteiger charge is 2.23. The Morgan fingerprint density at radius 3 is 2.81 bits per heavy atom. The van der Waals surface area contributed by atoms with Crippen LogP contribution in [0.2, 0.25) is 0 Å². The van der Waals surface area contributed by atoms with Crippen molar-refractivity contribution in [2.24, 2.45) is 0 Å². The van der Waals surface area contributed by atoms with Gasteiger partial charge >= 0.3 is 0 Å². The van der Waals surface area contributed by atoms with Gasteiger partial charge in [0.1, 0.15) is 29.8 Å². The molecule has 1 atom stereocenters. The maximum Gasteiger partial charge on any atom is 0.132 e. The molecule has 0 saturated heterocycles. The van der Waals surface area contributed by atoms with E-state index < -0.39 is 0 Å². The molecule has 5 nitrogen and oxygen atoms in total. The Morgan fingerprint density at radius 1 is 1.19 bits per heavy atom. The molecule has 5 heteroatoms. The van der Waals surface area contributed by atoms with Crippen LogP contribution in [0, 0.1) is 0 Å². The number of hydrogen-bond donors (Lipinski definition) is 2. The zero-order valence-corrected chi connectivity index (χ0v) is 12.4. The van der Waals surface area contributed by atoms with Crippen molar-refractivity contribution < 1.29 is 4.74 Å². The van der Waals surface area contributed by atoms with Gasteiger partial charge in [0.2, 0.25) is 0 Å². The first kappa shape index (κ1) is 13.7. The van der Waals surface area contributed by atoms with E-state index in [4.69, 9.17) is 4.74 Å². The van der Waals surface area contributed by atoms with Gasteiger partial charge < -0.3 is 15.4 Å². The molecular weight excluding hydrogens is 264 g/mol. The molecule has 0 amide bonds. The molecule has 1 aromatic heterocycles. The Balaban J connectivity index is 1.83. The minimum atomic E-state index is 0.135. The van der Waals surface area contributed by atoms with Gasteiger partial charge in [0.15, 0.2) is 0 Å².